The second kappa shape index (κ2) is 10.6. The van der Waals surface area contributed by atoms with Gasteiger partial charge in [-0.05, 0) is 63.9 Å². The molecule has 0 bridgehead atoms. The first-order chi connectivity index (χ1) is 14.4. The largest absolute Gasteiger partial charge is 0.481 e. The zero-order valence-corrected chi connectivity index (χ0v) is 18.7. The lowest BCUT2D eigenvalue weighted by Crippen LogP contribution is -2.45. The zero-order valence-electron chi connectivity index (χ0n) is 18.7. The first-order valence-corrected chi connectivity index (χ1v) is 11.4. The number of hydrogen-bond acceptors (Lipinski definition) is 4. The molecule has 0 radical (unpaired) electrons. The molecule has 0 heterocycles. The Morgan fingerprint density at radius 2 is 1.83 bits per heavy atom. The van der Waals surface area contributed by atoms with Crippen LogP contribution in [0.15, 0.2) is 35.9 Å². The van der Waals surface area contributed by atoms with Crippen molar-refractivity contribution in [3.8, 4) is 0 Å². The average Bonchev–Trinajstić information content (AvgIpc) is 3.50. The number of methoxy groups -OCH3 is 1. The Bertz CT molecular complexity index is 708. The van der Waals surface area contributed by atoms with Crippen molar-refractivity contribution in [1.82, 2.24) is 10.6 Å². The van der Waals surface area contributed by atoms with Crippen LogP contribution in [-0.4, -0.2) is 49.5 Å². The Hall–Kier alpha value is -1.69. The Morgan fingerprint density at radius 1 is 1.17 bits per heavy atom. The fraction of sp³-hybridized carbons (Fsp3) is 0.640. The van der Waals surface area contributed by atoms with E-state index < -0.39 is 11.4 Å². The smallest absolute Gasteiger partial charge is 0.310 e. The Morgan fingerprint density at radius 3 is 2.47 bits per heavy atom. The molecule has 3 rings (SSSR count). The molecule has 0 saturated heterocycles. The molecule has 5 nitrogen and oxygen atoms in total. The molecule has 0 aliphatic heterocycles. The van der Waals surface area contributed by atoms with E-state index in [0.29, 0.717) is 30.6 Å². The predicted octanol–water partition coefficient (Wildman–Crippen LogP) is 4.10. The third kappa shape index (κ3) is 6.66. The molecule has 3 N–H and O–H groups in total. The standard InChI is InChI=1S/C25H38N2O3/c1-25(2,24(28)29)17-26-20-9-11-21(12-10-20)27-23-16-22(23)19(13-14-30-3)15-18-7-5-4-6-8-18/h4-8,15,20-23,26-27H,9-14,16-17H2,1-3H3,(H,28,29)/t20-,21-,22-,23+/m0/s1. The maximum absolute atomic E-state index is 11.3. The summed E-state index contributed by atoms with van der Waals surface area (Å²) >= 11 is 0. The van der Waals surface area contributed by atoms with E-state index in [0.717, 1.165) is 38.7 Å². The lowest BCUT2D eigenvalue weighted by molar-refractivity contribution is -0.146. The van der Waals surface area contributed by atoms with Gasteiger partial charge in [0.2, 0.25) is 0 Å². The van der Waals surface area contributed by atoms with Crippen molar-refractivity contribution in [2.75, 3.05) is 20.3 Å². The molecule has 2 aliphatic carbocycles. The number of nitrogens with one attached hydrogen (secondary N) is 2. The topological polar surface area (TPSA) is 70.6 Å². The molecule has 2 atom stereocenters. The first-order valence-electron chi connectivity index (χ1n) is 11.4. The highest BCUT2D eigenvalue weighted by atomic mass is 16.5. The molecule has 30 heavy (non-hydrogen) atoms. The van der Waals surface area contributed by atoms with Gasteiger partial charge in [0, 0.05) is 38.4 Å². The van der Waals surface area contributed by atoms with Crippen LogP contribution in [0.1, 0.15) is 57.9 Å². The van der Waals surface area contributed by atoms with Crippen molar-refractivity contribution < 1.29 is 14.6 Å². The summed E-state index contributed by atoms with van der Waals surface area (Å²) < 4.78 is 5.34. The number of rotatable bonds is 11. The van der Waals surface area contributed by atoms with Crippen LogP contribution in [-0.2, 0) is 9.53 Å². The lowest BCUT2D eigenvalue weighted by Gasteiger charge is -2.32. The van der Waals surface area contributed by atoms with Gasteiger partial charge < -0.3 is 20.5 Å². The summed E-state index contributed by atoms with van der Waals surface area (Å²) in [7, 11) is 1.77. The van der Waals surface area contributed by atoms with Crippen LogP contribution in [0.25, 0.3) is 6.08 Å². The number of carboxylic acid groups (broad SMARTS) is 1. The van der Waals surface area contributed by atoms with Crippen molar-refractivity contribution in [2.45, 2.75) is 70.5 Å². The lowest BCUT2D eigenvalue weighted by atomic mass is 9.88. The Kier molecular flexibility index (Phi) is 8.09. The fourth-order valence-corrected chi connectivity index (χ4v) is 4.38. The number of aliphatic carboxylic acids is 1. The molecule has 0 unspecified atom stereocenters. The molecule has 5 heteroatoms. The number of carboxylic acids is 1. The van der Waals surface area contributed by atoms with E-state index in [1.54, 1.807) is 21.0 Å². The maximum atomic E-state index is 11.3. The van der Waals surface area contributed by atoms with Crippen molar-refractivity contribution >= 4 is 12.0 Å². The van der Waals surface area contributed by atoms with Gasteiger partial charge in [-0.3, -0.25) is 4.79 Å². The van der Waals surface area contributed by atoms with E-state index in [1.165, 1.54) is 17.6 Å². The number of ether oxygens (including phenoxy) is 1. The molecule has 2 saturated carbocycles. The maximum Gasteiger partial charge on any atom is 0.310 e. The summed E-state index contributed by atoms with van der Waals surface area (Å²) in [6.07, 6.45) is 9.09. The summed E-state index contributed by atoms with van der Waals surface area (Å²) in [5.41, 5.74) is 2.05. The summed E-state index contributed by atoms with van der Waals surface area (Å²) in [4.78, 5) is 11.3. The van der Waals surface area contributed by atoms with Gasteiger partial charge in [0.15, 0.2) is 0 Å². The molecule has 2 aliphatic rings. The highest BCUT2D eigenvalue weighted by Gasteiger charge is 2.41. The molecule has 0 amide bonds. The molecular weight excluding hydrogens is 376 g/mol. The van der Waals surface area contributed by atoms with Crippen LogP contribution in [0.4, 0.5) is 0 Å². The van der Waals surface area contributed by atoms with Crippen molar-refractivity contribution in [3.05, 3.63) is 41.5 Å². The van der Waals surface area contributed by atoms with Crippen LogP contribution in [0.2, 0.25) is 0 Å². The molecule has 166 valence electrons. The van der Waals surface area contributed by atoms with Gasteiger partial charge in [-0.2, -0.15) is 0 Å². The van der Waals surface area contributed by atoms with Crippen LogP contribution < -0.4 is 10.6 Å². The van der Waals surface area contributed by atoms with E-state index in [9.17, 15) is 9.90 Å². The van der Waals surface area contributed by atoms with E-state index >= 15 is 0 Å². The summed E-state index contributed by atoms with van der Waals surface area (Å²) in [6.45, 7) is 4.87. The zero-order chi connectivity index (χ0) is 21.6. The third-order valence-electron chi connectivity index (χ3n) is 6.60. The second-order valence-corrected chi connectivity index (χ2v) is 9.61. The molecule has 1 aromatic rings. The van der Waals surface area contributed by atoms with Gasteiger partial charge in [0.25, 0.3) is 0 Å². The summed E-state index contributed by atoms with van der Waals surface area (Å²) in [5.74, 6) is -0.120. The number of benzene rings is 1. The van der Waals surface area contributed by atoms with E-state index in [4.69, 9.17) is 4.74 Å². The number of carbonyl (C=O) groups is 1. The highest BCUT2D eigenvalue weighted by Crippen LogP contribution is 2.41. The first kappa shape index (κ1) is 23.0. The van der Waals surface area contributed by atoms with E-state index in [1.807, 2.05) is 0 Å². The van der Waals surface area contributed by atoms with Gasteiger partial charge in [0.05, 0.1) is 5.41 Å². The van der Waals surface area contributed by atoms with Gasteiger partial charge in [-0.15, -0.1) is 0 Å². The van der Waals surface area contributed by atoms with Crippen LogP contribution in [0, 0.1) is 11.3 Å². The fourth-order valence-electron chi connectivity index (χ4n) is 4.38. The number of hydrogen-bond donors (Lipinski definition) is 3. The average molecular weight is 415 g/mol. The molecule has 1 aromatic carbocycles. The van der Waals surface area contributed by atoms with Crippen molar-refractivity contribution in [3.63, 3.8) is 0 Å². The normalized spacial score (nSPS) is 27.1. The SMILES string of the molecule is COCCC(=Cc1ccccc1)[C@@H]1C[C@H]1N[C@H]1CC[C@H](NCC(C)(C)C(=O)O)CC1. The van der Waals surface area contributed by atoms with Crippen LogP contribution in [0.5, 0.6) is 0 Å². The van der Waals surface area contributed by atoms with E-state index in [-0.39, 0.29) is 0 Å². The highest BCUT2D eigenvalue weighted by molar-refractivity contribution is 5.73. The minimum absolute atomic E-state index is 0.437. The van der Waals surface area contributed by atoms with Crippen LogP contribution >= 0.6 is 0 Å². The monoisotopic (exact) mass is 414 g/mol. The summed E-state index contributed by atoms with van der Waals surface area (Å²) in [6, 6.07) is 12.2. The second-order valence-electron chi connectivity index (χ2n) is 9.61. The molecular formula is C25H38N2O3. The molecule has 2 fully saturated rings. The minimum atomic E-state index is -0.738. The Labute approximate surface area is 181 Å². The van der Waals surface area contributed by atoms with Gasteiger partial charge in [-0.25, -0.2) is 0 Å². The third-order valence-corrected chi connectivity index (χ3v) is 6.60. The van der Waals surface area contributed by atoms with Crippen LogP contribution in [0.3, 0.4) is 0 Å². The van der Waals surface area contributed by atoms with Gasteiger partial charge in [0.1, 0.15) is 0 Å². The minimum Gasteiger partial charge on any atom is -0.481 e. The van der Waals surface area contributed by atoms with Gasteiger partial charge in [-0.1, -0.05) is 42.0 Å². The van der Waals surface area contributed by atoms with E-state index in [2.05, 4.69) is 47.0 Å². The van der Waals surface area contributed by atoms with Crippen molar-refractivity contribution in [2.24, 2.45) is 11.3 Å². The molecule has 0 spiro atoms. The molecule has 0 aromatic heterocycles. The quantitative estimate of drug-likeness (QED) is 0.509. The predicted molar refractivity (Wildman–Crippen MR) is 121 cm³/mol. The van der Waals surface area contributed by atoms with Gasteiger partial charge >= 0.3 is 5.97 Å². The summed E-state index contributed by atoms with van der Waals surface area (Å²) in [5, 5.41) is 16.6. The van der Waals surface area contributed by atoms with Crippen molar-refractivity contribution in [1.29, 1.82) is 0 Å². The Balaban J connectivity index is 1.44.